The van der Waals surface area contributed by atoms with E-state index in [1.807, 2.05) is 0 Å². The third kappa shape index (κ3) is 3.59. The van der Waals surface area contributed by atoms with Crippen molar-refractivity contribution < 1.29 is 4.79 Å². The Morgan fingerprint density at radius 1 is 0.968 bits per heavy atom. The monoisotopic (exact) mass is 410 g/mol. The predicted octanol–water partition coefficient (Wildman–Crippen LogP) is 5.33. The van der Waals surface area contributed by atoms with Crippen molar-refractivity contribution in [3.05, 3.63) is 82.4 Å². The maximum Gasteiger partial charge on any atom is 0.180 e. The van der Waals surface area contributed by atoms with Crippen LogP contribution >= 0.6 is 0 Å². The van der Waals surface area contributed by atoms with Crippen LogP contribution in [0.2, 0.25) is 0 Å². The zero-order valence-electron chi connectivity index (χ0n) is 18.0. The van der Waals surface area contributed by atoms with Gasteiger partial charge in [0.15, 0.2) is 5.78 Å². The molecule has 6 rings (SSSR count). The van der Waals surface area contributed by atoms with Gasteiger partial charge in [0.05, 0.1) is 0 Å². The number of aryl methyl sites for hydroxylation is 1. The highest BCUT2D eigenvalue weighted by Crippen LogP contribution is 2.45. The summed E-state index contributed by atoms with van der Waals surface area (Å²) in [5.74, 6) is 1.33. The summed E-state index contributed by atoms with van der Waals surface area (Å²) >= 11 is 0. The SMILES string of the molecule is O=C1CN=C2C3=C1CCCC3NC(c1ccccc1)C2c1cccc(CCC2CC2)c1. The average Bonchev–Trinajstić information content (AvgIpc) is 3.65. The van der Waals surface area contributed by atoms with E-state index in [4.69, 9.17) is 4.99 Å². The number of nitrogens with one attached hydrogen (secondary N) is 1. The Hall–Kier alpha value is -2.52. The lowest BCUT2D eigenvalue weighted by Crippen LogP contribution is -2.51. The van der Waals surface area contributed by atoms with E-state index in [0.717, 1.165) is 37.2 Å². The third-order valence-electron chi connectivity index (χ3n) is 7.61. The van der Waals surface area contributed by atoms with E-state index < -0.39 is 0 Å². The van der Waals surface area contributed by atoms with Crippen LogP contribution in [0.1, 0.15) is 67.2 Å². The molecule has 3 heteroatoms. The summed E-state index contributed by atoms with van der Waals surface area (Å²) in [7, 11) is 0. The molecule has 158 valence electrons. The van der Waals surface area contributed by atoms with Gasteiger partial charge in [0.25, 0.3) is 0 Å². The Morgan fingerprint density at radius 2 is 1.81 bits per heavy atom. The highest BCUT2D eigenvalue weighted by molar-refractivity contribution is 6.17. The molecule has 3 atom stereocenters. The Morgan fingerprint density at radius 3 is 2.65 bits per heavy atom. The van der Waals surface area contributed by atoms with Crippen LogP contribution in [0.15, 0.2) is 70.7 Å². The van der Waals surface area contributed by atoms with Crippen molar-refractivity contribution in [2.75, 3.05) is 6.54 Å². The Labute approximate surface area is 184 Å². The van der Waals surface area contributed by atoms with Gasteiger partial charge in [-0.1, -0.05) is 67.4 Å². The van der Waals surface area contributed by atoms with Crippen LogP contribution in [0.3, 0.4) is 0 Å². The number of carbonyl (C=O) groups is 1. The quantitative estimate of drug-likeness (QED) is 0.724. The highest BCUT2D eigenvalue weighted by atomic mass is 16.1. The minimum absolute atomic E-state index is 0.149. The van der Waals surface area contributed by atoms with Crippen LogP contribution in [0.25, 0.3) is 0 Å². The van der Waals surface area contributed by atoms with Gasteiger partial charge >= 0.3 is 0 Å². The van der Waals surface area contributed by atoms with Crippen molar-refractivity contribution in [1.82, 2.24) is 5.32 Å². The van der Waals surface area contributed by atoms with Crippen molar-refractivity contribution in [3.8, 4) is 0 Å². The lowest BCUT2D eigenvalue weighted by atomic mass is 9.69. The number of hydrogen-bond acceptors (Lipinski definition) is 3. The minimum atomic E-state index is 0.149. The largest absolute Gasteiger partial charge is 0.302 e. The molecule has 0 aromatic heterocycles. The van der Waals surface area contributed by atoms with Gasteiger partial charge < -0.3 is 5.32 Å². The summed E-state index contributed by atoms with van der Waals surface area (Å²) in [5.41, 5.74) is 7.52. The first-order chi connectivity index (χ1) is 15.3. The Balaban J connectivity index is 1.44. The molecule has 1 saturated carbocycles. The number of piperidine rings is 1. The molecular weight excluding hydrogens is 380 g/mol. The maximum absolute atomic E-state index is 12.7. The number of benzene rings is 2. The van der Waals surface area contributed by atoms with E-state index in [1.165, 1.54) is 47.2 Å². The first-order valence-electron chi connectivity index (χ1n) is 12.0. The molecule has 2 aromatic rings. The maximum atomic E-state index is 12.7. The summed E-state index contributed by atoms with van der Waals surface area (Å²) in [6.45, 7) is 0.320. The number of aliphatic imine (C=N–C) groups is 1. The fourth-order valence-electron chi connectivity index (χ4n) is 5.85. The van der Waals surface area contributed by atoms with Crippen LogP contribution in [-0.2, 0) is 11.2 Å². The molecule has 0 bridgehead atoms. The number of Topliss-reactive ketones (excluding diaryl/α,β-unsaturated/α-hetero) is 1. The Bertz CT molecular complexity index is 1060. The lowest BCUT2D eigenvalue weighted by molar-refractivity contribution is -0.114. The van der Waals surface area contributed by atoms with Gasteiger partial charge in [-0.3, -0.25) is 9.79 Å². The molecule has 4 aliphatic rings. The molecule has 1 saturated heterocycles. The first kappa shape index (κ1) is 19.2. The first-order valence-corrected chi connectivity index (χ1v) is 12.0. The number of dihydropyridines is 1. The molecule has 31 heavy (non-hydrogen) atoms. The second-order valence-electron chi connectivity index (χ2n) is 9.72. The van der Waals surface area contributed by atoms with Gasteiger partial charge in [-0.05, 0) is 60.3 Å². The molecule has 3 unspecified atom stereocenters. The van der Waals surface area contributed by atoms with Crippen LogP contribution in [-0.4, -0.2) is 24.1 Å². The van der Waals surface area contributed by atoms with E-state index in [-0.39, 0.29) is 23.8 Å². The molecule has 2 fully saturated rings. The van der Waals surface area contributed by atoms with Crippen molar-refractivity contribution >= 4 is 11.5 Å². The van der Waals surface area contributed by atoms with Crippen molar-refractivity contribution in [3.63, 3.8) is 0 Å². The highest BCUT2D eigenvalue weighted by Gasteiger charge is 2.44. The molecule has 0 amide bonds. The van der Waals surface area contributed by atoms with Gasteiger partial charge in [-0.15, -0.1) is 0 Å². The summed E-state index contributed by atoms with van der Waals surface area (Å²) < 4.78 is 0. The molecule has 2 aromatic carbocycles. The summed E-state index contributed by atoms with van der Waals surface area (Å²) in [4.78, 5) is 17.6. The minimum Gasteiger partial charge on any atom is -0.302 e. The van der Waals surface area contributed by atoms with Crippen molar-refractivity contribution in [1.29, 1.82) is 0 Å². The standard InChI is InChI=1S/C28H30N2O/c31-24-17-29-28-25(21-9-4-6-19(16-21)15-14-18-12-13-18)27(20-7-2-1-3-8-20)30-23-11-5-10-22(24)26(23)28/h1-4,6-9,16,18,23,25,27,30H,5,10-15,17H2. The van der Waals surface area contributed by atoms with Gasteiger partial charge in [-0.2, -0.15) is 0 Å². The predicted molar refractivity (Wildman–Crippen MR) is 125 cm³/mol. The topological polar surface area (TPSA) is 41.5 Å². The van der Waals surface area contributed by atoms with Crippen LogP contribution in [0, 0.1) is 5.92 Å². The van der Waals surface area contributed by atoms with Gasteiger partial charge in [0, 0.05) is 29.3 Å². The fourth-order valence-corrected chi connectivity index (χ4v) is 5.85. The average molecular weight is 411 g/mol. The van der Waals surface area contributed by atoms with E-state index in [2.05, 4.69) is 59.9 Å². The van der Waals surface area contributed by atoms with E-state index in [9.17, 15) is 4.79 Å². The van der Waals surface area contributed by atoms with Crippen LogP contribution in [0.4, 0.5) is 0 Å². The lowest BCUT2D eigenvalue weighted by Gasteiger charge is -2.45. The third-order valence-corrected chi connectivity index (χ3v) is 7.61. The van der Waals surface area contributed by atoms with Gasteiger partial charge in [0.1, 0.15) is 6.54 Å². The smallest absolute Gasteiger partial charge is 0.180 e. The number of carbonyl (C=O) groups excluding carboxylic acids is 1. The van der Waals surface area contributed by atoms with Gasteiger partial charge in [0.2, 0.25) is 0 Å². The van der Waals surface area contributed by atoms with Crippen molar-refractivity contribution in [2.24, 2.45) is 10.9 Å². The normalized spacial score (nSPS) is 27.7. The number of nitrogens with zero attached hydrogens (tertiary/aromatic N) is 1. The van der Waals surface area contributed by atoms with Crippen LogP contribution in [0.5, 0.6) is 0 Å². The summed E-state index contributed by atoms with van der Waals surface area (Å²) in [6.07, 6.45) is 8.37. The number of rotatable bonds is 5. The molecule has 2 aliphatic carbocycles. The molecule has 0 radical (unpaired) electrons. The second-order valence-corrected chi connectivity index (χ2v) is 9.72. The molecule has 1 N–H and O–H groups in total. The second kappa shape index (κ2) is 7.87. The van der Waals surface area contributed by atoms with Crippen molar-refractivity contribution in [2.45, 2.75) is 62.9 Å². The summed E-state index contributed by atoms with van der Waals surface area (Å²) in [5, 5.41) is 3.96. The fraction of sp³-hybridized carbons (Fsp3) is 0.429. The zero-order chi connectivity index (χ0) is 20.8. The summed E-state index contributed by atoms with van der Waals surface area (Å²) in [6, 6.07) is 20.4. The molecular formula is C28H30N2O. The number of ketones is 1. The molecule has 2 heterocycles. The van der Waals surface area contributed by atoms with E-state index in [1.54, 1.807) is 0 Å². The molecule has 3 nitrogen and oxygen atoms in total. The van der Waals surface area contributed by atoms with Gasteiger partial charge in [-0.25, -0.2) is 0 Å². The molecule has 2 aliphatic heterocycles. The Kier molecular flexibility index (Phi) is 4.87. The van der Waals surface area contributed by atoms with E-state index in [0.29, 0.717) is 6.54 Å². The zero-order valence-corrected chi connectivity index (χ0v) is 18.0. The van der Waals surface area contributed by atoms with E-state index >= 15 is 0 Å². The van der Waals surface area contributed by atoms with Crippen LogP contribution < -0.4 is 5.32 Å². The number of hydrogen-bond donors (Lipinski definition) is 1. The molecule has 0 spiro atoms.